The molecule has 5 nitrogen and oxygen atoms in total. The van der Waals surface area contributed by atoms with Gasteiger partial charge in [0.05, 0.1) is 0 Å². The van der Waals surface area contributed by atoms with Crippen molar-refractivity contribution in [3.63, 3.8) is 0 Å². The average Bonchev–Trinajstić information content (AvgIpc) is 2.30. The number of nitrogens with one attached hydrogen (secondary N) is 1. The van der Waals surface area contributed by atoms with E-state index in [2.05, 4.69) is 4.98 Å². The zero-order chi connectivity index (χ0) is 9.14. The number of aromatic nitrogens is 1. The minimum absolute atomic E-state index is 0.152. The number of thiazole rings is 1. The number of nitrogens with two attached hydrogens (primary N) is 1. The standard InChI is InChI=1S/C6H11N3O2S/c1-2-3-9(7)5-4(10)8-6(11)12-5/h10H,2-3,7H2,1H3,(H,8,11). The first kappa shape index (κ1) is 9.08. The number of hydrogen-bond donors (Lipinski definition) is 3. The molecule has 0 amide bonds. The molecule has 1 aromatic heterocycles. The van der Waals surface area contributed by atoms with Crippen molar-refractivity contribution >= 4 is 16.3 Å². The molecule has 0 aliphatic heterocycles. The Morgan fingerprint density at radius 1 is 1.75 bits per heavy atom. The van der Waals surface area contributed by atoms with Gasteiger partial charge in [-0.25, -0.2) is 5.84 Å². The van der Waals surface area contributed by atoms with Crippen molar-refractivity contribution in [2.45, 2.75) is 13.3 Å². The first-order valence-electron chi connectivity index (χ1n) is 3.59. The lowest BCUT2D eigenvalue weighted by atomic mass is 10.5. The van der Waals surface area contributed by atoms with Crippen molar-refractivity contribution in [3.8, 4) is 5.88 Å². The highest BCUT2D eigenvalue weighted by atomic mass is 32.1. The lowest BCUT2D eigenvalue weighted by Crippen LogP contribution is -2.30. The van der Waals surface area contributed by atoms with E-state index in [1.165, 1.54) is 5.01 Å². The molecule has 12 heavy (non-hydrogen) atoms. The summed E-state index contributed by atoms with van der Waals surface area (Å²) < 4.78 is 0. The zero-order valence-corrected chi connectivity index (χ0v) is 7.52. The Balaban J connectivity index is 2.86. The van der Waals surface area contributed by atoms with Crippen LogP contribution in [0.4, 0.5) is 5.00 Å². The monoisotopic (exact) mass is 189 g/mol. The Morgan fingerprint density at radius 2 is 2.42 bits per heavy atom. The number of hydrogen-bond acceptors (Lipinski definition) is 5. The quantitative estimate of drug-likeness (QED) is 0.469. The Morgan fingerprint density at radius 3 is 2.83 bits per heavy atom. The van der Waals surface area contributed by atoms with Crippen molar-refractivity contribution in [1.29, 1.82) is 0 Å². The Kier molecular flexibility index (Phi) is 2.72. The van der Waals surface area contributed by atoms with E-state index in [0.717, 1.165) is 17.8 Å². The minimum atomic E-state index is -0.297. The predicted molar refractivity (Wildman–Crippen MR) is 48.4 cm³/mol. The van der Waals surface area contributed by atoms with E-state index in [0.29, 0.717) is 11.5 Å². The highest BCUT2D eigenvalue weighted by Gasteiger charge is 2.10. The summed E-state index contributed by atoms with van der Waals surface area (Å²) in [5.41, 5.74) is 0. The molecule has 0 spiro atoms. The predicted octanol–water partition coefficient (Wildman–Crippen LogP) is 0.232. The van der Waals surface area contributed by atoms with E-state index in [1.807, 2.05) is 6.92 Å². The molecular weight excluding hydrogens is 178 g/mol. The molecule has 0 atom stereocenters. The molecule has 4 N–H and O–H groups in total. The molecule has 68 valence electrons. The molecule has 0 unspecified atom stereocenters. The topological polar surface area (TPSA) is 82.3 Å². The van der Waals surface area contributed by atoms with Crippen LogP contribution in [0.5, 0.6) is 5.88 Å². The van der Waals surface area contributed by atoms with Gasteiger partial charge in [0, 0.05) is 6.54 Å². The largest absolute Gasteiger partial charge is 0.492 e. The zero-order valence-electron chi connectivity index (χ0n) is 6.70. The molecule has 0 saturated carbocycles. The fraction of sp³-hybridized carbons (Fsp3) is 0.500. The van der Waals surface area contributed by atoms with Gasteiger partial charge in [0.2, 0.25) is 5.88 Å². The number of nitrogens with zero attached hydrogens (tertiary/aromatic N) is 1. The number of H-pyrrole nitrogens is 1. The first-order valence-corrected chi connectivity index (χ1v) is 4.41. The van der Waals surface area contributed by atoms with E-state index in [1.54, 1.807) is 0 Å². The van der Waals surface area contributed by atoms with Gasteiger partial charge in [-0.1, -0.05) is 18.3 Å². The van der Waals surface area contributed by atoms with Gasteiger partial charge in [0.15, 0.2) is 5.00 Å². The van der Waals surface area contributed by atoms with E-state index in [-0.39, 0.29) is 10.8 Å². The average molecular weight is 189 g/mol. The van der Waals surface area contributed by atoms with Crippen molar-refractivity contribution in [2.75, 3.05) is 11.6 Å². The maximum Gasteiger partial charge on any atom is 0.309 e. The van der Waals surface area contributed by atoms with Gasteiger partial charge in [0.25, 0.3) is 0 Å². The number of aromatic hydroxyl groups is 1. The van der Waals surface area contributed by atoms with Crippen LogP contribution in [0.1, 0.15) is 13.3 Å². The van der Waals surface area contributed by atoms with Crippen molar-refractivity contribution in [3.05, 3.63) is 9.67 Å². The summed E-state index contributed by atoms with van der Waals surface area (Å²) in [6.07, 6.45) is 0.863. The molecule has 1 aromatic rings. The summed E-state index contributed by atoms with van der Waals surface area (Å²) in [5, 5.41) is 10.9. The van der Waals surface area contributed by atoms with Gasteiger partial charge in [-0.2, -0.15) is 0 Å². The number of anilines is 1. The summed E-state index contributed by atoms with van der Waals surface area (Å²) in [7, 11) is 0. The lowest BCUT2D eigenvalue weighted by molar-refractivity contribution is 0.455. The van der Waals surface area contributed by atoms with Crippen molar-refractivity contribution < 1.29 is 5.11 Å². The highest BCUT2D eigenvalue weighted by molar-refractivity contribution is 7.13. The molecule has 0 fully saturated rings. The number of hydrazine groups is 1. The fourth-order valence-corrected chi connectivity index (χ4v) is 1.53. The smallest absolute Gasteiger partial charge is 0.309 e. The molecule has 0 aliphatic rings. The molecule has 0 radical (unpaired) electrons. The summed E-state index contributed by atoms with van der Waals surface area (Å²) in [6, 6.07) is 0. The third-order valence-electron chi connectivity index (χ3n) is 1.34. The summed E-state index contributed by atoms with van der Waals surface area (Å²) >= 11 is 0.902. The first-order chi connectivity index (χ1) is 5.65. The van der Waals surface area contributed by atoms with Gasteiger partial charge in [-0.05, 0) is 6.42 Å². The van der Waals surface area contributed by atoms with E-state index >= 15 is 0 Å². The SMILES string of the molecule is CCCN(N)c1sc(=O)[nH]c1O. The highest BCUT2D eigenvalue weighted by Crippen LogP contribution is 2.25. The van der Waals surface area contributed by atoms with Crippen LogP contribution in [0.15, 0.2) is 4.79 Å². The third-order valence-corrected chi connectivity index (χ3v) is 2.25. The lowest BCUT2D eigenvalue weighted by Gasteiger charge is -2.14. The molecular formula is C6H11N3O2S. The third kappa shape index (κ3) is 1.77. The van der Waals surface area contributed by atoms with Crippen molar-refractivity contribution in [1.82, 2.24) is 4.98 Å². The molecule has 1 rings (SSSR count). The van der Waals surface area contributed by atoms with E-state index in [9.17, 15) is 4.79 Å². The minimum Gasteiger partial charge on any atom is -0.492 e. The second-order valence-corrected chi connectivity index (χ2v) is 3.32. The van der Waals surface area contributed by atoms with Crippen LogP contribution in [-0.4, -0.2) is 16.6 Å². The second kappa shape index (κ2) is 3.59. The van der Waals surface area contributed by atoms with Gasteiger partial charge >= 0.3 is 4.87 Å². The van der Waals surface area contributed by atoms with Gasteiger partial charge in [-0.3, -0.25) is 14.8 Å². The number of aromatic amines is 1. The molecule has 0 saturated heterocycles. The van der Waals surface area contributed by atoms with Crippen LogP contribution >= 0.6 is 11.3 Å². The normalized spacial score (nSPS) is 10.2. The summed E-state index contributed by atoms with van der Waals surface area (Å²) in [5.74, 6) is 5.39. The maximum absolute atomic E-state index is 10.7. The van der Waals surface area contributed by atoms with Crippen molar-refractivity contribution in [2.24, 2.45) is 5.84 Å². The molecule has 0 aliphatic carbocycles. The van der Waals surface area contributed by atoms with Crippen LogP contribution in [0.2, 0.25) is 0 Å². The number of rotatable bonds is 3. The summed E-state index contributed by atoms with van der Waals surface area (Å²) in [6.45, 7) is 2.58. The van der Waals surface area contributed by atoms with Gasteiger partial charge < -0.3 is 5.11 Å². The molecule has 1 heterocycles. The van der Waals surface area contributed by atoms with Crippen LogP contribution < -0.4 is 15.7 Å². The van der Waals surface area contributed by atoms with Gasteiger partial charge in [-0.15, -0.1) is 0 Å². The van der Waals surface area contributed by atoms with Crippen LogP contribution in [0.3, 0.4) is 0 Å². The Labute approximate surface area is 73.4 Å². The maximum atomic E-state index is 10.7. The Hall–Kier alpha value is -1.01. The van der Waals surface area contributed by atoms with Crippen LogP contribution in [0, 0.1) is 0 Å². The van der Waals surface area contributed by atoms with Crippen LogP contribution in [0.25, 0.3) is 0 Å². The molecule has 6 heteroatoms. The van der Waals surface area contributed by atoms with Gasteiger partial charge in [0.1, 0.15) is 0 Å². The van der Waals surface area contributed by atoms with Crippen LogP contribution in [-0.2, 0) is 0 Å². The van der Waals surface area contributed by atoms with E-state index < -0.39 is 0 Å². The Bertz CT molecular complexity index is 306. The second-order valence-electron chi connectivity index (χ2n) is 2.36. The summed E-state index contributed by atoms with van der Waals surface area (Å²) in [4.78, 5) is 12.7. The van der Waals surface area contributed by atoms with E-state index in [4.69, 9.17) is 10.9 Å². The molecule has 0 bridgehead atoms. The molecule has 0 aromatic carbocycles. The fourth-order valence-electron chi connectivity index (χ4n) is 0.849.